The van der Waals surface area contributed by atoms with Crippen LogP contribution in [0.25, 0.3) is 0 Å². The van der Waals surface area contributed by atoms with Crippen LogP contribution >= 0.6 is 0 Å². The molecule has 154 valence electrons. The quantitative estimate of drug-likeness (QED) is 0.377. The number of hydrogen-bond acceptors (Lipinski definition) is 5. The zero-order chi connectivity index (χ0) is 20.8. The van der Waals surface area contributed by atoms with Gasteiger partial charge in [0.25, 0.3) is 11.7 Å². The van der Waals surface area contributed by atoms with Gasteiger partial charge < -0.3 is 24.1 Å². The van der Waals surface area contributed by atoms with E-state index in [1.54, 1.807) is 0 Å². The summed E-state index contributed by atoms with van der Waals surface area (Å²) in [6.07, 6.45) is -9.39. The molecule has 1 N–H and O–H groups in total. The topological polar surface area (TPSA) is 74.2 Å². The molecule has 0 aliphatic heterocycles. The minimum atomic E-state index is -4.73. The SMILES string of the molecule is C=C(F)COC(C)(F)C(F)(F)OCCOC(C)(F)C(F)(F)OCC(=O)O. The van der Waals surface area contributed by atoms with Gasteiger partial charge in [-0.3, -0.25) is 0 Å². The lowest BCUT2D eigenvalue weighted by Gasteiger charge is -2.31. The Labute approximate surface area is 143 Å². The van der Waals surface area contributed by atoms with E-state index in [-0.39, 0.29) is 13.8 Å². The van der Waals surface area contributed by atoms with Gasteiger partial charge in [0.05, 0.1) is 13.2 Å². The summed E-state index contributed by atoms with van der Waals surface area (Å²) in [5.74, 6) is -10.8. The average molecular weight is 402 g/mol. The summed E-state index contributed by atoms with van der Waals surface area (Å²) in [5, 5.41) is 8.20. The molecule has 0 saturated heterocycles. The fourth-order valence-electron chi connectivity index (χ4n) is 1.20. The van der Waals surface area contributed by atoms with Crippen LogP contribution in [0.2, 0.25) is 0 Å². The van der Waals surface area contributed by atoms with Crippen molar-refractivity contribution in [1.29, 1.82) is 0 Å². The van der Waals surface area contributed by atoms with Crippen molar-refractivity contribution in [2.45, 2.75) is 37.8 Å². The number of carbonyl (C=O) groups is 1. The number of aliphatic carboxylic acids is 1. The fraction of sp³-hybridized carbons (Fsp3) is 0.769. The van der Waals surface area contributed by atoms with Crippen LogP contribution in [-0.2, 0) is 23.7 Å². The summed E-state index contributed by atoms with van der Waals surface area (Å²) in [6.45, 7) is -2.21. The maximum atomic E-state index is 13.7. The van der Waals surface area contributed by atoms with Gasteiger partial charge >= 0.3 is 18.2 Å². The Morgan fingerprint density at radius 2 is 1.27 bits per heavy atom. The van der Waals surface area contributed by atoms with Crippen molar-refractivity contribution in [2.24, 2.45) is 0 Å². The zero-order valence-electron chi connectivity index (χ0n) is 13.7. The molecule has 26 heavy (non-hydrogen) atoms. The van der Waals surface area contributed by atoms with Gasteiger partial charge in [-0.15, -0.1) is 0 Å². The van der Waals surface area contributed by atoms with Crippen LogP contribution in [0.1, 0.15) is 13.8 Å². The van der Waals surface area contributed by atoms with E-state index in [4.69, 9.17) is 5.11 Å². The van der Waals surface area contributed by atoms with E-state index in [1.165, 1.54) is 0 Å². The number of alkyl halides is 6. The van der Waals surface area contributed by atoms with E-state index >= 15 is 0 Å². The molecule has 0 fully saturated rings. The van der Waals surface area contributed by atoms with Crippen LogP contribution in [0, 0.1) is 0 Å². The lowest BCUT2D eigenvalue weighted by Crippen LogP contribution is -2.49. The lowest BCUT2D eigenvalue weighted by atomic mass is 10.3. The fourth-order valence-corrected chi connectivity index (χ4v) is 1.20. The first-order valence-electron chi connectivity index (χ1n) is 6.78. The summed E-state index contributed by atoms with van der Waals surface area (Å²) in [5.41, 5.74) is 0. The highest BCUT2D eigenvalue weighted by atomic mass is 19.3. The molecule has 0 heterocycles. The molecule has 0 aliphatic carbocycles. The van der Waals surface area contributed by atoms with Crippen LogP contribution in [0.5, 0.6) is 0 Å². The number of ether oxygens (including phenoxy) is 4. The largest absolute Gasteiger partial charge is 0.480 e. The summed E-state index contributed by atoms with van der Waals surface area (Å²) in [4.78, 5) is 10.1. The van der Waals surface area contributed by atoms with Crippen molar-refractivity contribution in [3.63, 3.8) is 0 Å². The Bertz CT molecular complexity index is 451. The average Bonchev–Trinajstić information content (AvgIpc) is 2.47. The van der Waals surface area contributed by atoms with Crippen molar-refractivity contribution in [3.05, 3.63) is 12.4 Å². The molecule has 0 saturated carbocycles. The van der Waals surface area contributed by atoms with Crippen LogP contribution in [0.3, 0.4) is 0 Å². The van der Waals surface area contributed by atoms with E-state index in [9.17, 15) is 35.5 Å². The highest BCUT2D eigenvalue weighted by molar-refractivity contribution is 5.68. The Kier molecular flexibility index (Phi) is 8.47. The molecule has 0 spiro atoms. The van der Waals surface area contributed by atoms with Crippen LogP contribution in [0.4, 0.5) is 30.7 Å². The Hall–Kier alpha value is -1.44. The summed E-state index contributed by atoms with van der Waals surface area (Å²) >= 11 is 0. The van der Waals surface area contributed by atoms with Gasteiger partial charge in [0.2, 0.25) is 0 Å². The van der Waals surface area contributed by atoms with Crippen molar-refractivity contribution in [1.82, 2.24) is 0 Å². The normalized spacial score (nSPS) is 17.4. The first-order valence-corrected chi connectivity index (χ1v) is 6.78. The Balaban J connectivity index is 4.57. The second kappa shape index (κ2) is 8.97. The molecule has 0 rings (SSSR count). The Morgan fingerprint density at radius 1 is 0.846 bits per heavy atom. The second-order valence-electron chi connectivity index (χ2n) is 5.05. The van der Waals surface area contributed by atoms with E-state index in [1.807, 2.05) is 0 Å². The maximum Gasteiger partial charge on any atom is 0.414 e. The van der Waals surface area contributed by atoms with Gasteiger partial charge in [0, 0.05) is 13.8 Å². The predicted octanol–water partition coefficient (Wildman–Crippen LogP) is 3.18. The van der Waals surface area contributed by atoms with E-state index in [0.29, 0.717) is 0 Å². The van der Waals surface area contributed by atoms with Crippen molar-refractivity contribution < 1.29 is 59.6 Å². The molecule has 0 aromatic rings. The van der Waals surface area contributed by atoms with E-state index < -0.39 is 62.2 Å². The molecule has 0 bridgehead atoms. The summed E-state index contributed by atoms with van der Waals surface area (Å²) < 4.78 is 108. The van der Waals surface area contributed by atoms with Crippen LogP contribution in [-0.4, -0.2) is 61.4 Å². The highest BCUT2D eigenvalue weighted by Crippen LogP contribution is 2.36. The molecule has 0 aliphatic rings. The molecular weight excluding hydrogens is 385 g/mol. The van der Waals surface area contributed by atoms with E-state index in [2.05, 4.69) is 25.5 Å². The lowest BCUT2D eigenvalue weighted by molar-refractivity contribution is -0.392. The number of hydrogen-bond donors (Lipinski definition) is 1. The standard InChI is InChI=1S/C13H17F7O6/c1-8(14)6-25-11(3,16)12(17,18)24-5-4-23-10(2,15)13(19,20)26-7-9(21)22/h1,4-7H2,2-3H3,(H,21,22). The summed E-state index contributed by atoms with van der Waals surface area (Å²) in [6, 6.07) is 0. The van der Waals surface area contributed by atoms with Gasteiger partial charge in [-0.05, 0) is 0 Å². The van der Waals surface area contributed by atoms with Crippen molar-refractivity contribution >= 4 is 5.97 Å². The number of rotatable bonds is 13. The Morgan fingerprint density at radius 3 is 1.73 bits per heavy atom. The molecule has 2 unspecified atom stereocenters. The number of carboxylic acids is 1. The van der Waals surface area contributed by atoms with Gasteiger partial charge in [-0.2, -0.15) is 17.6 Å². The molecule has 6 nitrogen and oxygen atoms in total. The molecule has 0 aromatic carbocycles. The number of carboxylic acid groups (broad SMARTS) is 1. The highest BCUT2D eigenvalue weighted by Gasteiger charge is 2.56. The monoisotopic (exact) mass is 402 g/mol. The zero-order valence-corrected chi connectivity index (χ0v) is 13.7. The molecule has 0 radical (unpaired) electrons. The smallest absolute Gasteiger partial charge is 0.414 e. The molecule has 0 aromatic heterocycles. The minimum Gasteiger partial charge on any atom is -0.480 e. The molecule has 2 atom stereocenters. The van der Waals surface area contributed by atoms with Crippen LogP contribution < -0.4 is 0 Å². The number of halogens is 7. The molecular formula is C13H17F7O6. The van der Waals surface area contributed by atoms with Crippen LogP contribution in [0.15, 0.2) is 12.4 Å². The van der Waals surface area contributed by atoms with Gasteiger partial charge in [-0.25, -0.2) is 18.0 Å². The van der Waals surface area contributed by atoms with Gasteiger partial charge in [-0.1, -0.05) is 6.58 Å². The summed E-state index contributed by atoms with van der Waals surface area (Å²) in [7, 11) is 0. The van der Waals surface area contributed by atoms with Gasteiger partial charge in [0.1, 0.15) is 12.4 Å². The second-order valence-corrected chi connectivity index (χ2v) is 5.05. The van der Waals surface area contributed by atoms with Crippen molar-refractivity contribution in [3.8, 4) is 0 Å². The molecule has 13 heteroatoms. The third-order valence-electron chi connectivity index (χ3n) is 2.66. The minimum absolute atomic E-state index is 0.155. The predicted molar refractivity (Wildman–Crippen MR) is 70.6 cm³/mol. The third kappa shape index (κ3) is 7.43. The van der Waals surface area contributed by atoms with E-state index in [0.717, 1.165) is 0 Å². The first kappa shape index (κ1) is 24.6. The first-order chi connectivity index (χ1) is 11.5. The molecule has 0 amide bonds. The third-order valence-corrected chi connectivity index (χ3v) is 2.66. The van der Waals surface area contributed by atoms with Gasteiger partial charge in [0.15, 0.2) is 6.61 Å². The van der Waals surface area contributed by atoms with Crippen molar-refractivity contribution in [2.75, 3.05) is 26.4 Å². The maximum absolute atomic E-state index is 13.7.